The first-order chi connectivity index (χ1) is 12.6. The van der Waals surface area contributed by atoms with Crippen LogP contribution in [0.1, 0.15) is 6.42 Å². The Hall–Kier alpha value is -2.04. The van der Waals surface area contributed by atoms with Gasteiger partial charge in [0.2, 0.25) is 10.0 Å². The van der Waals surface area contributed by atoms with Gasteiger partial charge in [-0.3, -0.25) is 9.03 Å². The number of hydrogen-bond acceptors (Lipinski definition) is 5. The van der Waals surface area contributed by atoms with Crippen molar-refractivity contribution in [3.63, 3.8) is 0 Å². The maximum absolute atomic E-state index is 13.5. The van der Waals surface area contributed by atoms with E-state index >= 15 is 0 Å². The molecule has 0 aliphatic carbocycles. The van der Waals surface area contributed by atoms with Crippen molar-refractivity contribution >= 4 is 43.0 Å². The van der Waals surface area contributed by atoms with Crippen LogP contribution in [0.5, 0.6) is 5.75 Å². The van der Waals surface area contributed by atoms with Crippen molar-refractivity contribution < 1.29 is 26.0 Å². The summed E-state index contributed by atoms with van der Waals surface area (Å²) in [6.45, 7) is 0.338. The molecule has 1 aliphatic heterocycles. The second kappa shape index (κ2) is 7.17. The number of nitrogens with one attached hydrogen (secondary N) is 1. The Morgan fingerprint density at radius 2 is 1.96 bits per heavy atom. The Kier molecular flexibility index (Phi) is 5.24. The van der Waals surface area contributed by atoms with Crippen molar-refractivity contribution in [1.82, 2.24) is 0 Å². The molecule has 11 heteroatoms. The third-order valence-electron chi connectivity index (χ3n) is 4.00. The number of nitrogens with zero attached hydrogens (tertiary/aromatic N) is 1. The van der Waals surface area contributed by atoms with E-state index in [2.05, 4.69) is 4.72 Å². The Morgan fingerprint density at radius 1 is 1.22 bits per heavy atom. The number of anilines is 2. The Balaban J connectivity index is 1.93. The number of sulfonamides is 2. The summed E-state index contributed by atoms with van der Waals surface area (Å²) in [5.41, 5.74) is 0.382. The zero-order valence-electron chi connectivity index (χ0n) is 14.1. The van der Waals surface area contributed by atoms with Crippen molar-refractivity contribution in [1.29, 1.82) is 0 Å². The van der Waals surface area contributed by atoms with Crippen LogP contribution in [0.2, 0.25) is 5.02 Å². The van der Waals surface area contributed by atoms with Crippen LogP contribution in [0, 0.1) is 5.82 Å². The quantitative estimate of drug-likeness (QED) is 0.781. The van der Waals surface area contributed by atoms with Crippen LogP contribution in [0.3, 0.4) is 0 Å². The molecule has 2 aromatic rings. The number of methoxy groups -OCH3 is 1. The lowest BCUT2D eigenvalue weighted by molar-refractivity contribution is 0.401. The molecule has 27 heavy (non-hydrogen) atoms. The maximum atomic E-state index is 13.5. The molecule has 1 fully saturated rings. The van der Waals surface area contributed by atoms with Crippen LogP contribution >= 0.6 is 11.6 Å². The zero-order valence-corrected chi connectivity index (χ0v) is 16.5. The summed E-state index contributed by atoms with van der Waals surface area (Å²) in [7, 11) is -6.30. The third-order valence-corrected chi connectivity index (χ3v) is 7.57. The van der Waals surface area contributed by atoms with E-state index in [4.69, 9.17) is 16.3 Å². The van der Waals surface area contributed by atoms with Crippen LogP contribution < -0.4 is 13.8 Å². The topological polar surface area (TPSA) is 92.8 Å². The van der Waals surface area contributed by atoms with Crippen molar-refractivity contribution in [2.75, 3.05) is 28.4 Å². The molecule has 0 amide bonds. The van der Waals surface area contributed by atoms with Crippen LogP contribution in [-0.2, 0) is 20.0 Å². The van der Waals surface area contributed by atoms with Gasteiger partial charge in [0.15, 0.2) is 0 Å². The molecule has 0 bridgehead atoms. The number of benzene rings is 2. The van der Waals surface area contributed by atoms with Gasteiger partial charge in [-0.05, 0) is 42.8 Å². The summed E-state index contributed by atoms with van der Waals surface area (Å²) in [5, 5.41) is 0.00791. The zero-order chi connectivity index (χ0) is 19.8. The first-order valence-electron chi connectivity index (χ1n) is 7.80. The molecule has 1 heterocycles. The van der Waals surface area contributed by atoms with Gasteiger partial charge in [0, 0.05) is 6.54 Å². The summed E-state index contributed by atoms with van der Waals surface area (Å²) < 4.78 is 71.2. The Bertz CT molecular complexity index is 1090. The van der Waals surface area contributed by atoms with Crippen LogP contribution in [0.25, 0.3) is 0 Å². The summed E-state index contributed by atoms with van der Waals surface area (Å²) in [6, 6.07) is 7.29. The highest BCUT2D eigenvalue weighted by Crippen LogP contribution is 2.33. The maximum Gasteiger partial charge on any atom is 0.265 e. The highest BCUT2D eigenvalue weighted by Gasteiger charge is 2.29. The minimum atomic E-state index is -4.19. The van der Waals surface area contributed by atoms with Gasteiger partial charge in [-0.2, -0.15) is 0 Å². The second-order valence-corrected chi connectivity index (χ2v) is 9.88. The summed E-state index contributed by atoms with van der Waals surface area (Å²) in [6.07, 6.45) is 0.508. The number of rotatable bonds is 5. The van der Waals surface area contributed by atoms with E-state index in [0.29, 0.717) is 18.7 Å². The van der Waals surface area contributed by atoms with Crippen LogP contribution in [0.15, 0.2) is 41.3 Å². The SMILES string of the molecule is COc1ccc(F)cc1S(=O)(=O)Nc1ccc(N2CCCS2(=O)=O)cc1Cl. The van der Waals surface area contributed by atoms with Gasteiger partial charge in [-0.15, -0.1) is 0 Å². The van der Waals surface area contributed by atoms with Gasteiger partial charge in [0.1, 0.15) is 16.5 Å². The van der Waals surface area contributed by atoms with E-state index in [1.807, 2.05) is 0 Å². The predicted octanol–water partition coefficient (Wildman–Crippen LogP) is 2.83. The van der Waals surface area contributed by atoms with E-state index < -0.39 is 25.9 Å². The fourth-order valence-corrected chi connectivity index (χ4v) is 5.83. The second-order valence-electron chi connectivity index (χ2n) is 5.81. The lowest BCUT2D eigenvalue weighted by Gasteiger charge is -2.18. The standard InChI is InChI=1S/C16H16ClFN2O5S2/c1-25-15-6-3-11(18)9-16(15)27(23,24)19-14-5-4-12(10-13(14)17)20-7-2-8-26(20,21)22/h3-6,9-10,19H,2,7-8H2,1H3. The number of hydrogen-bond donors (Lipinski definition) is 1. The fraction of sp³-hybridized carbons (Fsp3) is 0.250. The lowest BCUT2D eigenvalue weighted by Crippen LogP contribution is -2.25. The molecule has 3 rings (SSSR count). The Labute approximate surface area is 161 Å². The summed E-state index contributed by atoms with van der Waals surface area (Å²) >= 11 is 6.15. The van der Waals surface area contributed by atoms with E-state index in [0.717, 1.165) is 12.1 Å². The van der Waals surface area contributed by atoms with Crippen LogP contribution in [-0.4, -0.2) is 36.2 Å². The molecule has 1 aliphatic rings. The minimum absolute atomic E-state index is 0.00791. The highest BCUT2D eigenvalue weighted by molar-refractivity contribution is 7.93. The van der Waals surface area contributed by atoms with Crippen molar-refractivity contribution in [2.45, 2.75) is 11.3 Å². The lowest BCUT2D eigenvalue weighted by atomic mass is 10.3. The Morgan fingerprint density at radius 3 is 2.56 bits per heavy atom. The molecular formula is C16H16ClFN2O5S2. The largest absolute Gasteiger partial charge is 0.495 e. The normalized spacial score (nSPS) is 16.3. The van der Waals surface area contributed by atoms with Gasteiger partial charge in [-0.1, -0.05) is 11.6 Å². The van der Waals surface area contributed by atoms with Crippen molar-refractivity contribution in [2.24, 2.45) is 0 Å². The smallest absolute Gasteiger partial charge is 0.265 e. The molecule has 0 spiro atoms. The van der Waals surface area contributed by atoms with E-state index in [9.17, 15) is 21.2 Å². The molecule has 1 N–H and O–H groups in total. The fourth-order valence-electron chi connectivity index (χ4n) is 2.73. The molecule has 0 radical (unpaired) electrons. The summed E-state index contributed by atoms with van der Waals surface area (Å²) in [5.74, 6) is -0.713. The van der Waals surface area contributed by atoms with Crippen molar-refractivity contribution in [3.8, 4) is 5.75 Å². The van der Waals surface area contributed by atoms with E-state index in [-0.39, 0.29) is 27.1 Å². The van der Waals surface area contributed by atoms with Gasteiger partial charge in [-0.25, -0.2) is 21.2 Å². The van der Waals surface area contributed by atoms with Crippen LogP contribution in [0.4, 0.5) is 15.8 Å². The predicted molar refractivity (Wildman–Crippen MR) is 101 cm³/mol. The van der Waals surface area contributed by atoms with Gasteiger partial charge < -0.3 is 4.74 Å². The molecule has 146 valence electrons. The molecule has 0 unspecified atom stereocenters. The molecule has 0 saturated carbocycles. The average molecular weight is 435 g/mol. The third kappa shape index (κ3) is 3.97. The number of halogens is 2. The molecule has 0 aromatic heterocycles. The highest BCUT2D eigenvalue weighted by atomic mass is 35.5. The first kappa shape index (κ1) is 19.7. The van der Waals surface area contributed by atoms with Crippen molar-refractivity contribution in [3.05, 3.63) is 47.2 Å². The van der Waals surface area contributed by atoms with E-state index in [1.165, 1.54) is 35.7 Å². The minimum Gasteiger partial charge on any atom is -0.495 e. The molecule has 2 aromatic carbocycles. The molecule has 7 nitrogen and oxygen atoms in total. The molecule has 1 saturated heterocycles. The molecule has 0 atom stereocenters. The first-order valence-corrected chi connectivity index (χ1v) is 11.3. The van der Waals surface area contributed by atoms with Gasteiger partial charge >= 0.3 is 0 Å². The average Bonchev–Trinajstić information content (AvgIpc) is 2.96. The summed E-state index contributed by atoms with van der Waals surface area (Å²) in [4.78, 5) is -0.382. The number of ether oxygens (including phenoxy) is 1. The van der Waals surface area contributed by atoms with Gasteiger partial charge in [0.25, 0.3) is 10.0 Å². The van der Waals surface area contributed by atoms with Gasteiger partial charge in [0.05, 0.1) is 29.3 Å². The molecular weight excluding hydrogens is 419 g/mol. The monoisotopic (exact) mass is 434 g/mol. The van der Waals surface area contributed by atoms with E-state index in [1.54, 1.807) is 0 Å².